The van der Waals surface area contributed by atoms with E-state index in [1.54, 1.807) is 0 Å². The molecule has 0 bridgehead atoms. The van der Waals surface area contributed by atoms with Crippen molar-refractivity contribution >= 4 is 5.91 Å². The van der Waals surface area contributed by atoms with Gasteiger partial charge in [-0.05, 0) is 89.9 Å². The zero-order chi connectivity index (χ0) is 42.4. The Kier molecular flexibility index (Phi) is 45.0. The summed E-state index contributed by atoms with van der Waals surface area (Å²) in [6.07, 6.45) is 57.6. The molecule has 0 radical (unpaired) electrons. The third kappa shape index (κ3) is 39.7. The van der Waals surface area contributed by atoms with Gasteiger partial charge >= 0.3 is 0 Å². The minimum atomic E-state index is -1.30. The Hall–Kier alpha value is -1.73. The van der Waals surface area contributed by atoms with Gasteiger partial charge in [0.05, 0.1) is 18.8 Å². The van der Waals surface area contributed by atoms with E-state index in [1.807, 2.05) is 0 Å². The highest BCUT2D eigenvalue weighted by Crippen LogP contribution is 2.16. The first-order valence-corrected chi connectivity index (χ1v) is 25.0. The first-order valence-electron chi connectivity index (χ1n) is 25.0. The fraction of sp³-hybridized carbons (Fsp3) is 0.827. The molecule has 0 saturated carbocycles. The van der Waals surface area contributed by atoms with Crippen LogP contribution in [0.4, 0.5) is 0 Å². The molecule has 0 aliphatic heterocycles. The normalized spacial score (nSPS) is 14.4. The average Bonchev–Trinajstić information content (AvgIpc) is 3.23. The second-order valence-electron chi connectivity index (χ2n) is 17.1. The molecule has 6 heteroatoms. The van der Waals surface area contributed by atoms with E-state index in [1.165, 1.54) is 141 Å². The first kappa shape index (κ1) is 56.3. The second kappa shape index (κ2) is 46.3. The van der Waals surface area contributed by atoms with Crippen molar-refractivity contribution in [3.63, 3.8) is 0 Å². The summed E-state index contributed by atoms with van der Waals surface area (Å²) in [4.78, 5) is 12.5. The van der Waals surface area contributed by atoms with Gasteiger partial charge in [0.1, 0.15) is 12.2 Å². The van der Waals surface area contributed by atoms with Crippen LogP contribution in [0.1, 0.15) is 245 Å². The monoisotopic (exact) mass is 816 g/mol. The molecule has 58 heavy (non-hydrogen) atoms. The number of carbonyl (C=O) groups excluding carboxylic acids is 1. The van der Waals surface area contributed by atoms with Gasteiger partial charge in [0.2, 0.25) is 5.91 Å². The van der Waals surface area contributed by atoms with Crippen LogP contribution in [0.25, 0.3) is 0 Å². The van der Waals surface area contributed by atoms with Crippen molar-refractivity contribution in [3.05, 3.63) is 48.6 Å². The molecule has 0 aromatic rings. The lowest BCUT2D eigenvalue weighted by molar-refractivity contribution is -0.132. The van der Waals surface area contributed by atoms with Crippen LogP contribution < -0.4 is 5.32 Å². The van der Waals surface area contributed by atoms with Crippen LogP contribution in [0, 0.1) is 0 Å². The average molecular weight is 816 g/mol. The molecule has 0 spiro atoms. The Morgan fingerprint density at radius 2 is 0.724 bits per heavy atom. The number of rotatable bonds is 45. The van der Waals surface area contributed by atoms with E-state index in [9.17, 15) is 25.2 Å². The quantitative estimate of drug-likeness (QED) is 0.0311. The molecule has 0 aliphatic carbocycles. The molecular weight excluding hydrogens is 719 g/mol. The molecule has 0 aromatic heterocycles. The van der Waals surface area contributed by atoms with E-state index in [2.05, 4.69) is 67.8 Å². The summed E-state index contributed by atoms with van der Waals surface area (Å²) in [7, 11) is 0. The van der Waals surface area contributed by atoms with Crippen molar-refractivity contribution in [3.8, 4) is 0 Å². The third-order valence-electron chi connectivity index (χ3n) is 11.5. The van der Waals surface area contributed by atoms with Gasteiger partial charge in [0.25, 0.3) is 0 Å². The van der Waals surface area contributed by atoms with E-state index in [-0.39, 0.29) is 0 Å². The molecular formula is C52H97NO5. The number of hydrogen-bond acceptors (Lipinski definition) is 5. The first-order chi connectivity index (χ1) is 28.5. The number of allylic oxidation sites excluding steroid dienone is 8. The highest BCUT2D eigenvalue weighted by molar-refractivity contribution is 5.80. The number of aliphatic hydroxyl groups is 4. The molecule has 0 saturated heterocycles. The maximum Gasteiger partial charge on any atom is 0.249 e. The second-order valence-corrected chi connectivity index (χ2v) is 17.1. The molecule has 4 unspecified atom stereocenters. The lowest BCUT2D eigenvalue weighted by Crippen LogP contribution is -2.53. The molecule has 0 rings (SSSR count). The summed E-state index contributed by atoms with van der Waals surface area (Å²) in [5.74, 6) is -0.611. The number of hydrogen-bond donors (Lipinski definition) is 5. The minimum absolute atomic E-state index is 0.342. The van der Waals surface area contributed by atoms with E-state index < -0.39 is 36.9 Å². The van der Waals surface area contributed by atoms with E-state index in [4.69, 9.17) is 0 Å². The van der Waals surface area contributed by atoms with Gasteiger partial charge in [-0.1, -0.05) is 204 Å². The summed E-state index contributed by atoms with van der Waals surface area (Å²) in [6.45, 7) is 4.00. The van der Waals surface area contributed by atoms with Crippen LogP contribution in [0.15, 0.2) is 48.6 Å². The van der Waals surface area contributed by atoms with Gasteiger partial charge in [-0.25, -0.2) is 0 Å². The molecule has 1 amide bonds. The lowest BCUT2D eigenvalue weighted by Gasteiger charge is -2.27. The smallest absolute Gasteiger partial charge is 0.249 e. The van der Waals surface area contributed by atoms with Crippen molar-refractivity contribution < 1.29 is 25.2 Å². The van der Waals surface area contributed by atoms with Gasteiger partial charge in [-0.15, -0.1) is 0 Å². The SMILES string of the molecule is CCCCC/C=C\CCCCCCC(O)C(=O)NC(CO)C(O)C(O)CCC/C=C/CC/C=C/CC/C=C/CCCCCCCCCCCCCCCCCCCC. The number of nitrogens with one attached hydrogen (secondary N) is 1. The van der Waals surface area contributed by atoms with Crippen molar-refractivity contribution in [2.75, 3.05) is 6.61 Å². The van der Waals surface area contributed by atoms with E-state index in [0.29, 0.717) is 19.3 Å². The summed E-state index contributed by atoms with van der Waals surface area (Å²) in [5.41, 5.74) is 0. The maximum atomic E-state index is 12.5. The summed E-state index contributed by atoms with van der Waals surface area (Å²) in [5, 5.41) is 43.6. The molecule has 6 nitrogen and oxygen atoms in total. The molecule has 340 valence electrons. The fourth-order valence-electron chi connectivity index (χ4n) is 7.49. The van der Waals surface area contributed by atoms with Crippen molar-refractivity contribution in [2.45, 2.75) is 269 Å². The highest BCUT2D eigenvalue weighted by Gasteiger charge is 2.28. The molecule has 0 aliphatic rings. The van der Waals surface area contributed by atoms with Gasteiger partial charge in [0, 0.05) is 0 Å². The zero-order valence-corrected chi connectivity index (χ0v) is 38.3. The Morgan fingerprint density at radius 3 is 1.12 bits per heavy atom. The van der Waals surface area contributed by atoms with Crippen molar-refractivity contribution in [1.29, 1.82) is 0 Å². The Labute approximate surface area is 359 Å². The van der Waals surface area contributed by atoms with Gasteiger partial charge < -0.3 is 25.7 Å². The summed E-state index contributed by atoms with van der Waals surface area (Å²) < 4.78 is 0. The van der Waals surface area contributed by atoms with E-state index >= 15 is 0 Å². The van der Waals surface area contributed by atoms with Crippen molar-refractivity contribution in [2.24, 2.45) is 0 Å². The summed E-state index contributed by atoms with van der Waals surface area (Å²) >= 11 is 0. The molecule has 4 atom stereocenters. The topological polar surface area (TPSA) is 110 Å². The zero-order valence-electron chi connectivity index (χ0n) is 38.3. The van der Waals surface area contributed by atoms with Crippen molar-refractivity contribution in [1.82, 2.24) is 5.32 Å². The largest absolute Gasteiger partial charge is 0.394 e. The van der Waals surface area contributed by atoms with E-state index in [0.717, 1.165) is 70.6 Å². The summed E-state index contributed by atoms with van der Waals surface area (Å²) in [6, 6.07) is -1.02. The number of aliphatic hydroxyl groups excluding tert-OH is 4. The number of carbonyl (C=O) groups is 1. The maximum absolute atomic E-state index is 12.5. The molecule has 0 aromatic carbocycles. The molecule has 0 fully saturated rings. The van der Waals surface area contributed by atoms with Crippen LogP contribution in [-0.4, -0.2) is 57.3 Å². The highest BCUT2D eigenvalue weighted by atomic mass is 16.3. The Bertz CT molecular complexity index is 961. The standard InChI is InChI=1S/C52H97NO5/c1-3-5-7-9-11-13-15-16-17-18-19-20-21-22-23-24-25-26-27-28-29-30-31-32-33-34-36-37-39-41-43-45-49(55)51(57)48(47-54)53-52(58)50(56)46-44-42-40-38-35-14-12-10-8-6-4-2/h12,14,28-29,32-33,37,39,48-51,54-57H,3-11,13,15-27,30-31,34-36,38,40-47H2,1-2H3,(H,53,58)/b14-12-,29-28+,33-32+,39-37+. The van der Waals surface area contributed by atoms with Crippen LogP contribution in [0.2, 0.25) is 0 Å². The number of unbranched alkanes of at least 4 members (excludes halogenated alkanes) is 28. The number of amides is 1. The van der Waals surface area contributed by atoms with Crippen LogP contribution >= 0.6 is 0 Å². The van der Waals surface area contributed by atoms with Gasteiger partial charge in [-0.2, -0.15) is 0 Å². The van der Waals surface area contributed by atoms with Gasteiger partial charge in [0.15, 0.2) is 0 Å². The van der Waals surface area contributed by atoms with Gasteiger partial charge in [-0.3, -0.25) is 4.79 Å². The Morgan fingerprint density at radius 1 is 0.414 bits per heavy atom. The molecule has 0 heterocycles. The Balaban J connectivity index is 3.70. The minimum Gasteiger partial charge on any atom is -0.394 e. The van der Waals surface area contributed by atoms with Crippen LogP contribution in [-0.2, 0) is 4.79 Å². The lowest BCUT2D eigenvalue weighted by atomic mass is 10.00. The fourth-order valence-corrected chi connectivity index (χ4v) is 7.49. The van der Waals surface area contributed by atoms with Crippen LogP contribution in [0.3, 0.4) is 0 Å². The predicted octanol–water partition coefficient (Wildman–Crippen LogP) is 13.9. The van der Waals surface area contributed by atoms with Crippen LogP contribution in [0.5, 0.6) is 0 Å². The molecule has 5 N–H and O–H groups in total. The third-order valence-corrected chi connectivity index (χ3v) is 11.5. The predicted molar refractivity (Wildman–Crippen MR) is 251 cm³/mol.